The second-order valence-electron chi connectivity index (χ2n) is 4.23. The molecule has 1 aromatic carbocycles. The molecule has 3 aromatic rings. The van der Waals surface area contributed by atoms with Gasteiger partial charge in [0, 0.05) is 23.0 Å². The lowest BCUT2D eigenvalue weighted by molar-refractivity contribution is 0.0698. The van der Waals surface area contributed by atoms with Crippen LogP contribution in [0, 0.1) is 0 Å². The Balaban J connectivity index is 2.32. The number of H-pyrrole nitrogens is 1. The van der Waals surface area contributed by atoms with Crippen LogP contribution in [0.5, 0.6) is 0 Å². The van der Waals surface area contributed by atoms with Gasteiger partial charge in [-0.3, -0.25) is 5.10 Å². The van der Waals surface area contributed by atoms with E-state index < -0.39 is 5.97 Å². The summed E-state index contributed by atoms with van der Waals surface area (Å²) in [5, 5.41) is 17.2. The van der Waals surface area contributed by atoms with Crippen molar-refractivity contribution in [2.75, 3.05) is 0 Å². The number of aromatic amines is 1. The third-order valence-corrected chi connectivity index (χ3v) is 3.49. The van der Waals surface area contributed by atoms with Crippen molar-refractivity contribution in [2.24, 2.45) is 7.05 Å². The molecule has 0 amide bonds. The average molecular weight is 276 g/mol. The minimum atomic E-state index is -1.01. The Labute approximate surface area is 113 Å². The fourth-order valence-corrected chi connectivity index (χ4v) is 2.43. The lowest BCUT2D eigenvalue weighted by atomic mass is 10.2. The fraction of sp³-hybridized carbons (Fsp3) is 0.0769. The summed E-state index contributed by atoms with van der Waals surface area (Å²) in [6, 6.07) is 7.46. The molecule has 0 fully saturated rings. The summed E-state index contributed by atoms with van der Waals surface area (Å²) in [7, 11) is 1.86. The number of hydrogen-bond donors (Lipinski definition) is 2. The normalized spacial score (nSPS) is 11.1. The molecular formula is C13H10ClN3O2. The molecule has 0 radical (unpaired) electrons. The zero-order valence-corrected chi connectivity index (χ0v) is 10.8. The van der Waals surface area contributed by atoms with Crippen LogP contribution in [0.3, 0.4) is 0 Å². The maximum atomic E-state index is 11.2. The van der Waals surface area contributed by atoms with Crippen LogP contribution in [-0.4, -0.2) is 25.8 Å². The van der Waals surface area contributed by atoms with Crippen molar-refractivity contribution in [1.29, 1.82) is 0 Å². The van der Waals surface area contributed by atoms with E-state index in [4.69, 9.17) is 16.7 Å². The van der Waals surface area contributed by atoms with Gasteiger partial charge < -0.3 is 9.67 Å². The molecule has 0 atom stereocenters. The highest BCUT2D eigenvalue weighted by Crippen LogP contribution is 2.31. The molecule has 6 heteroatoms. The van der Waals surface area contributed by atoms with E-state index in [1.807, 2.05) is 29.8 Å². The molecule has 2 heterocycles. The van der Waals surface area contributed by atoms with Gasteiger partial charge in [0.25, 0.3) is 0 Å². The number of nitrogens with one attached hydrogen (secondary N) is 1. The molecule has 5 nitrogen and oxygen atoms in total. The fourth-order valence-electron chi connectivity index (χ4n) is 2.21. The van der Waals surface area contributed by atoms with E-state index in [1.54, 1.807) is 6.07 Å². The van der Waals surface area contributed by atoms with Crippen molar-refractivity contribution in [3.8, 4) is 11.4 Å². The van der Waals surface area contributed by atoms with Gasteiger partial charge >= 0.3 is 5.97 Å². The number of carboxylic acids is 1. The first kappa shape index (κ1) is 11.8. The Bertz CT molecular complexity index is 788. The number of aromatic nitrogens is 3. The Morgan fingerprint density at radius 2 is 2.26 bits per heavy atom. The van der Waals surface area contributed by atoms with Gasteiger partial charge in [-0.05, 0) is 18.2 Å². The molecule has 2 N–H and O–H groups in total. The molecular weight excluding hydrogens is 266 g/mol. The summed E-state index contributed by atoms with van der Waals surface area (Å²) in [6.45, 7) is 0. The van der Waals surface area contributed by atoms with E-state index in [-0.39, 0.29) is 5.56 Å². The van der Waals surface area contributed by atoms with Crippen molar-refractivity contribution >= 4 is 28.5 Å². The first-order valence-corrected chi connectivity index (χ1v) is 5.98. The third kappa shape index (κ3) is 1.70. The smallest absolute Gasteiger partial charge is 0.339 e. The quantitative estimate of drug-likeness (QED) is 0.755. The third-order valence-electron chi connectivity index (χ3n) is 3.16. The van der Waals surface area contributed by atoms with Crippen molar-refractivity contribution < 1.29 is 9.90 Å². The number of fused-ring (bicyclic) bond motifs is 1. The van der Waals surface area contributed by atoms with Crippen LogP contribution in [0.1, 0.15) is 10.4 Å². The first-order chi connectivity index (χ1) is 9.09. The number of rotatable bonds is 2. The second kappa shape index (κ2) is 4.13. The molecule has 0 aliphatic rings. The zero-order chi connectivity index (χ0) is 13.6. The summed E-state index contributed by atoms with van der Waals surface area (Å²) in [5.74, 6) is -1.01. The van der Waals surface area contributed by atoms with Crippen LogP contribution < -0.4 is 0 Å². The number of nitrogens with zero attached hydrogens (tertiary/aromatic N) is 2. The van der Waals surface area contributed by atoms with Crippen LogP contribution in [0.25, 0.3) is 22.3 Å². The molecule has 0 aliphatic heterocycles. The Morgan fingerprint density at radius 1 is 1.47 bits per heavy atom. The van der Waals surface area contributed by atoms with Gasteiger partial charge in [0.05, 0.1) is 17.6 Å². The molecule has 3 rings (SSSR count). The van der Waals surface area contributed by atoms with Crippen LogP contribution in [-0.2, 0) is 7.05 Å². The molecule has 96 valence electrons. The average Bonchev–Trinajstić information content (AvgIpc) is 2.95. The van der Waals surface area contributed by atoms with E-state index in [9.17, 15) is 4.79 Å². The van der Waals surface area contributed by atoms with E-state index >= 15 is 0 Å². The van der Waals surface area contributed by atoms with E-state index in [0.717, 1.165) is 16.6 Å². The standard InChI is InChI=1S/C13H10ClN3O2/c1-17-10-4-2-3-9(14)7(10)5-11(17)12-8(13(18)19)6-15-16-12/h2-6H,1H3,(H,15,16)(H,18,19). The van der Waals surface area contributed by atoms with Crippen LogP contribution in [0.15, 0.2) is 30.5 Å². The number of aryl methyl sites for hydroxylation is 1. The van der Waals surface area contributed by atoms with Gasteiger partial charge in [0.15, 0.2) is 0 Å². The summed E-state index contributed by atoms with van der Waals surface area (Å²) in [4.78, 5) is 11.2. The van der Waals surface area contributed by atoms with Crippen molar-refractivity contribution in [3.05, 3.63) is 41.0 Å². The largest absolute Gasteiger partial charge is 0.478 e. The van der Waals surface area contributed by atoms with Crippen molar-refractivity contribution in [3.63, 3.8) is 0 Å². The first-order valence-electron chi connectivity index (χ1n) is 5.60. The van der Waals surface area contributed by atoms with Gasteiger partial charge in [-0.2, -0.15) is 5.10 Å². The molecule has 19 heavy (non-hydrogen) atoms. The zero-order valence-electron chi connectivity index (χ0n) is 10.0. The summed E-state index contributed by atoms with van der Waals surface area (Å²) in [6.07, 6.45) is 1.30. The second-order valence-corrected chi connectivity index (χ2v) is 4.63. The lowest BCUT2D eigenvalue weighted by Gasteiger charge is -2.03. The van der Waals surface area contributed by atoms with Gasteiger partial charge in [0.1, 0.15) is 5.56 Å². The van der Waals surface area contributed by atoms with Crippen LogP contribution in [0.4, 0.5) is 0 Å². The maximum Gasteiger partial charge on any atom is 0.339 e. The monoisotopic (exact) mass is 275 g/mol. The molecule has 0 unspecified atom stereocenters. The van der Waals surface area contributed by atoms with Crippen LogP contribution in [0.2, 0.25) is 5.02 Å². The number of aromatic carboxylic acids is 1. The van der Waals surface area contributed by atoms with E-state index in [2.05, 4.69) is 10.2 Å². The summed E-state index contributed by atoms with van der Waals surface area (Å²) >= 11 is 6.15. The lowest BCUT2D eigenvalue weighted by Crippen LogP contribution is -1.99. The SMILES string of the molecule is Cn1c(-c2[nH]ncc2C(=O)O)cc2c(Cl)cccc21. The minimum Gasteiger partial charge on any atom is -0.478 e. The van der Waals surface area contributed by atoms with Crippen LogP contribution >= 0.6 is 11.6 Å². The van der Waals surface area contributed by atoms with Gasteiger partial charge in [-0.1, -0.05) is 17.7 Å². The van der Waals surface area contributed by atoms with Crippen molar-refractivity contribution in [2.45, 2.75) is 0 Å². The molecule has 0 spiro atoms. The predicted octanol–water partition coefficient (Wildman–Crippen LogP) is 2.92. The number of benzene rings is 1. The van der Waals surface area contributed by atoms with Gasteiger partial charge in [0.2, 0.25) is 0 Å². The Morgan fingerprint density at radius 3 is 2.95 bits per heavy atom. The molecule has 0 aliphatic carbocycles. The molecule has 0 saturated carbocycles. The maximum absolute atomic E-state index is 11.2. The number of hydrogen-bond acceptors (Lipinski definition) is 2. The number of carboxylic acid groups (broad SMARTS) is 1. The minimum absolute atomic E-state index is 0.141. The number of carbonyl (C=O) groups is 1. The number of halogens is 1. The molecule has 0 saturated heterocycles. The molecule has 2 aromatic heterocycles. The van der Waals surface area contributed by atoms with Gasteiger partial charge in [-0.15, -0.1) is 0 Å². The Kier molecular flexibility index (Phi) is 2.57. The molecule has 0 bridgehead atoms. The highest BCUT2D eigenvalue weighted by molar-refractivity contribution is 6.35. The van der Waals surface area contributed by atoms with E-state index in [0.29, 0.717) is 10.7 Å². The Hall–Kier alpha value is -2.27. The predicted molar refractivity (Wildman–Crippen MR) is 72.5 cm³/mol. The van der Waals surface area contributed by atoms with Crippen molar-refractivity contribution in [1.82, 2.24) is 14.8 Å². The van der Waals surface area contributed by atoms with E-state index in [1.165, 1.54) is 6.20 Å². The highest BCUT2D eigenvalue weighted by Gasteiger charge is 2.18. The summed E-state index contributed by atoms with van der Waals surface area (Å²) in [5.41, 5.74) is 2.29. The van der Waals surface area contributed by atoms with Gasteiger partial charge in [-0.25, -0.2) is 4.79 Å². The summed E-state index contributed by atoms with van der Waals surface area (Å²) < 4.78 is 1.89. The highest BCUT2D eigenvalue weighted by atomic mass is 35.5. The topological polar surface area (TPSA) is 70.9 Å².